The molecule has 1 fully saturated rings. The molecule has 15 heteroatoms. The van der Waals surface area contributed by atoms with E-state index in [1.807, 2.05) is 0 Å². The third-order valence-electron chi connectivity index (χ3n) is 9.51. The van der Waals surface area contributed by atoms with Gasteiger partial charge in [-0.25, -0.2) is 9.18 Å². The summed E-state index contributed by atoms with van der Waals surface area (Å²) in [5.41, 5.74) is 1.15. The van der Waals surface area contributed by atoms with Crippen LogP contribution in [0.2, 0.25) is 0 Å². The number of nitrogens with one attached hydrogen (secondary N) is 1. The Labute approximate surface area is 324 Å². The van der Waals surface area contributed by atoms with Crippen molar-refractivity contribution in [1.82, 2.24) is 4.90 Å². The SMILES string of the molecule is COc1cc(OC)c2c(c1)O[C@H](c1cc(OC)c(OC)c(OC)c1)[C@H](OC(=O)c1ccc(F)c(NC(=O)c3ccc(OC)c(OCCN4CCOCC4)c3)c1)C2. The highest BCUT2D eigenvalue weighted by molar-refractivity contribution is 6.05. The van der Waals surface area contributed by atoms with Crippen LogP contribution in [0.5, 0.6) is 46.0 Å². The van der Waals surface area contributed by atoms with E-state index in [4.69, 9.17) is 47.4 Å². The van der Waals surface area contributed by atoms with Crippen LogP contribution in [0.4, 0.5) is 10.1 Å². The number of methoxy groups -OCH3 is 6. The monoisotopic (exact) mass is 776 g/mol. The number of carbonyl (C=O) groups excluding carboxylic acids is 2. The van der Waals surface area contributed by atoms with Crippen molar-refractivity contribution in [3.05, 3.63) is 88.7 Å². The van der Waals surface area contributed by atoms with E-state index in [9.17, 15) is 9.59 Å². The predicted octanol–water partition coefficient (Wildman–Crippen LogP) is 5.74. The number of ether oxygens (including phenoxy) is 10. The zero-order valence-corrected chi connectivity index (χ0v) is 32.1. The van der Waals surface area contributed by atoms with E-state index in [0.717, 1.165) is 19.2 Å². The van der Waals surface area contributed by atoms with E-state index in [0.29, 0.717) is 83.5 Å². The van der Waals surface area contributed by atoms with Crippen LogP contribution in [-0.4, -0.2) is 105 Å². The van der Waals surface area contributed by atoms with Gasteiger partial charge in [0, 0.05) is 54.9 Å². The van der Waals surface area contributed by atoms with Crippen LogP contribution in [0.1, 0.15) is 37.9 Å². The fraction of sp³-hybridized carbons (Fsp3) is 0.366. The molecular formula is C41H45FN2O12. The largest absolute Gasteiger partial charge is 0.496 e. The van der Waals surface area contributed by atoms with Gasteiger partial charge in [0.05, 0.1) is 67.1 Å². The summed E-state index contributed by atoms with van der Waals surface area (Å²) in [7, 11) is 9.02. The van der Waals surface area contributed by atoms with Crippen molar-refractivity contribution >= 4 is 17.6 Å². The molecule has 0 bridgehead atoms. The first-order chi connectivity index (χ1) is 27.2. The first kappa shape index (κ1) is 39.8. The highest BCUT2D eigenvalue weighted by atomic mass is 19.1. The van der Waals surface area contributed by atoms with E-state index in [2.05, 4.69) is 10.2 Å². The number of carbonyl (C=O) groups is 2. The van der Waals surface area contributed by atoms with Crippen LogP contribution < -0.4 is 43.2 Å². The molecule has 1 N–H and O–H groups in total. The van der Waals surface area contributed by atoms with Gasteiger partial charge in [-0.3, -0.25) is 9.69 Å². The second-order valence-electron chi connectivity index (χ2n) is 12.8. The zero-order valence-electron chi connectivity index (χ0n) is 32.1. The summed E-state index contributed by atoms with van der Waals surface area (Å²) in [6.07, 6.45) is -1.63. The summed E-state index contributed by atoms with van der Waals surface area (Å²) in [5, 5.41) is 2.57. The maximum Gasteiger partial charge on any atom is 0.338 e. The molecule has 2 aliphatic heterocycles. The van der Waals surface area contributed by atoms with E-state index >= 15 is 4.39 Å². The molecule has 4 aromatic carbocycles. The summed E-state index contributed by atoms with van der Waals surface area (Å²) in [4.78, 5) is 29.5. The van der Waals surface area contributed by atoms with Crippen molar-refractivity contribution in [3.8, 4) is 46.0 Å². The molecule has 56 heavy (non-hydrogen) atoms. The summed E-state index contributed by atoms with van der Waals surface area (Å²) in [5.74, 6) is 1.17. The number of hydrogen-bond acceptors (Lipinski definition) is 13. The van der Waals surface area contributed by atoms with Gasteiger partial charge in [0.15, 0.2) is 29.1 Å². The lowest BCUT2D eigenvalue weighted by molar-refractivity contribution is -0.0188. The van der Waals surface area contributed by atoms with Gasteiger partial charge in [-0.2, -0.15) is 0 Å². The summed E-state index contributed by atoms with van der Waals surface area (Å²) in [6, 6.07) is 15.1. The number of benzene rings is 4. The lowest BCUT2D eigenvalue weighted by Gasteiger charge is -2.34. The molecule has 298 valence electrons. The molecule has 0 aromatic heterocycles. The van der Waals surface area contributed by atoms with Crippen LogP contribution in [0.15, 0.2) is 60.7 Å². The van der Waals surface area contributed by atoms with Gasteiger partial charge in [0.25, 0.3) is 5.91 Å². The Morgan fingerprint density at radius 1 is 0.768 bits per heavy atom. The van der Waals surface area contributed by atoms with Gasteiger partial charge in [-0.05, 0) is 48.5 Å². The van der Waals surface area contributed by atoms with E-state index in [-0.39, 0.29) is 23.2 Å². The number of halogens is 1. The van der Waals surface area contributed by atoms with Crippen molar-refractivity contribution in [2.45, 2.75) is 18.6 Å². The van der Waals surface area contributed by atoms with Crippen LogP contribution in [0.25, 0.3) is 0 Å². The number of esters is 1. The van der Waals surface area contributed by atoms with E-state index in [1.165, 1.54) is 66.9 Å². The molecule has 4 aromatic rings. The standard InChI is InChI=1S/C41H45FN2O12/c1-47-27-21-32(49-3)28-23-37(38(55-33(28)22-27)26-19-35(50-4)39(52-6)36(20-26)51-5)56-41(46)25-7-9-29(42)30(17-25)43-40(45)24-8-10-31(48-2)34(18-24)54-16-13-44-11-14-53-15-12-44/h7-10,17-22,37-38H,11-16,23H2,1-6H3,(H,43,45)/t37-,38-/m1/s1. The van der Waals surface area contributed by atoms with Crippen molar-refractivity contribution in [2.75, 3.05) is 87.4 Å². The molecule has 2 atom stereocenters. The summed E-state index contributed by atoms with van der Waals surface area (Å²) in [6.45, 7) is 3.97. The molecule has 1 saturated heterocycles. The Bertz CT molecular complexity index is 2010. The average Bonchev–Trinajstić information content (AvgIpc) is 3.23. The van der Waals surface area contributed by atoms with E-state index < -0.39 is 29.9 Å². The lowest BCUT2D eigenvalue weighted by Crippen LogP contribution is -2.38. The summed E-state index contributed by atoms with van der Waals surface area (Å²) < 4.78 is 72.5. The number of anilines is 1. The van der Waals surface area contributed by atoms with Gasteiger partial charge in [0.2, 0.25) is 5.75 Å². The maximum atomic E-state index is 15.2. The molecular weight excluding hydrogens is 731 g/mol. The minimum atomic E-state index is -0.927. The van der Waals surface area contributed by atoms with E-state index in [1.54, 1.807) is 30.3 Å². The molecule has 1 amide bonds. The van der Waals surface area contributed by atoms with Crippen LogP contribution in [0.3, 0.4) is 0 Å². The van der Waals surface area contributed by atoms with Gasteiger partial charge >= 0.3 is 5.97 Å². The Kier molecular flexibility index (Phi) is 12.9. The van der Waals surface area contributed by atoms with Gasteiger partial charge in [0.1, 0.15) is 35.8 Å². The Balaban J connectivity index is 1.24. The zero-order chi connectivity index (χ0) is 39.8. The molecule has 0 radical (unpaired) electrons. The number of amides is 1. The maximum absolute atomic E-state index is 15.2. The lowest BCUT2D eigenvalue weighted by atomic mass is 9.93. The second kappa shape index (κ2) is 18.1. The van der Waals surface area contributed by atoms with Crippen molar-refractivity contribution < 1.29 is 61.3 Å². The normalized spacial score (nSPS) is 16.4. The molecule has 14 nitrogen and oxygen atoms in total. The highest BCUT2D eigenvalue weighted by Gasteiger charge is 2.38. The second-order valence-corrected chi connectivity index (χ2v) is 12.8. The van der Waals surface area contributed by atoms with Gasteiger partial charge in [-0.1, -0.05) is 0 Å². The third-order valence-corrected chi connectivity index (χ3v) is 9.51. The topological polar surface area (TPSA) is 142 Å². The predicted molar refractivity (Wildman–Crippen MR) is 202 cm³/mol. The smallest absolute Gasteiger partial charge is 0.338 e. The minimum absolute atomic E-state index is 0.0142. The highest BCUT2D eigenvalue weighted by Crippen LogP contribution is 2.47. The third kappa shape index (κ3) is 8.79. The van der Waals surface area contributed by atoms with Crippen LogP contribution in [0, 0.1) is 5.82 Å². The fourth-order valence-corrected chi connectivity index (χ4v) is 6.56. The Morgan fingerprint density at radius 2 is 1.46 bits per heavy atom. The van der Waals surface area contributed by atoms with Crippen molar-refractivity contribution in [3.63, 3.8) is 0 Å². The number of fused-ring (bicyclic) bond motifs is 1. The molecule has 0 saturated carbocycles. The molecule has 2 aliphatic rings. The average molecular weight is 777 g/mol. The van der Waals surface area contributed by atoms with Crippen LogP contribution >= 0.6 is 0 Å². The minimum Gasteiger partial charge on any atom is -0.496 e. The molecule has 2 heterocycles. The number of nitrogens with zero attached hydrogens (tertiary/aromatic N) is 1. The fourth-order valence-electron chi connectivity index (χ4n) is 6.56. The molecule has 6 rings (SSSR count). The Hall–Kier alpha value is -5.93. The molecule has 0 spiro atoms. The number of rotatable bonds is 15. The summed E-state index contributed by atoms with van der Waals surface area (Å²) >= 11 is 0. The Morgan fingerprint density at radius 3 is 2.12 bits per heavy atom. The molecule has 0 aliphatic carbocycles. The quantitative estimate of drug-likeness (QED) is 0.147. The first-order valence-electron chi connectivity index (χ1n) is 17.8. The van der Waals surface area contributed by atoms with Crippen molar-refractivity contribution in [1.29, 1.82) is 0 Å². The van der Waals surface area contributed by atoms with Gasteiger partial charge in [-0.15, -0.1) is 0 Å². The first-order valence-corrected chi connectivity index (χ1v) is 17.8. The number of hydrogen-bond donors (Lipinski definition) is 1. The molecule has 0 unspecified atom stereocenters. The van der Waals surface area contributed by atoms with Gasteiger partial charge < -0.3 is 52.7 Å². The van der Waals surface area contributed by atoms with Crippen molar-refractivity contribution in [2.24, 2.45) is 0 Å². The number of morpholine rings is 1. The van der Waals surface area contributed by atoms with Crippen LogP contribution in [-0.2, 0) is 15.9 Å².